The van der Waals surface area contributed by atoms with E-state index < -0.39 is 0 Å². The van der Waals surface area contributed by atoms with Gasteiger partial charge in [-0.3, -0.25) is 0 Å². The van der Waals surface area contributed by atoms with Crippen LogP contribution in [0.1, 0.15) is 23.7 Å². The van der Waals surface area contributed by atoms with Gasteiger partial charge in [0.2, 0.25) is 0 Å². The quantitative estimate of drug-likeness (QED) is 0.796. The second-order valence-corrected chi connectivity index (χ2v) is 4.18. The molecule has 2 aromatic rings. The smallest absolute Gasteiger partial charge is 0.159 e. The number of aliphatic hydroxyl groups is 1. The zero-order valence-corrected chi connectivity index (χ0v) is 8.59. The molecule has 1 saturated carbocycles. The van der Waals surface area contributed by atoms with Gasteiger partial charge in [-0.05, 0) is 31.2 Å². The fraction of sp³-hybridized carbons (Fsp3) is 0.455. The molecule has 0 spiro atoms. The van der Waals surface area contributed by atoms with Gasteiger partial charge in [0.1, 0.15) is 5.82 Å². The average molecular weight is 203 g/mol. The zero-order chi connectivity index (χ0) is 10.4. The monoisotopic (exact) mass is 203 g/mol. The molecule has 78 valence electrons. The fourth-order valence-corrected chi connectivity index (χ4v) is 2.15. The molecule has 4 nitrogen and oxygen atoms in total. The number of pyridine rings is 1. The van der Waals surface area contributed by atoms with Crippen molar-refractivity contribution in [2.75, 3.05) is 6.61 Å². The van der Waals surface area contributed by atoms with Crippen LogP contribution in [0, 0.1) is 12.8 Å². The third-order valence-corrected chi connectivity index (χ3v) is 3.05. The van der Waals surface area contributed by atoms with Gasteiger partial charge in [-0.2, -0.15) is 5.10 Å². The highest BCUT2D eigenvalue weighted by Gasteiger charge is 2.39. The van der Waals surface area contributed by atoms with E-state index in [1.54, 1.807) is 0 Å². The molecule has 1 aliphatic rings. The standard InChI is InChI=1S/C11H13N3O/c1-7-12-11-9(10-5-8(10)6-15)3-2-4-14(11)13-7/h2-4,8,10,15H,5-6H2,1H3. The Balaban J connectivity index is 2.10. The lowest BCUT2D eigenvalue weighted by Crippen LogP contribution is -1.94. The van der Waals surface area contributed by atoms with Gasteiger partial charge in [-0.25, -0.2) is 9.50 Å². The molecule has 0 bridgehead atoms. The van der Waals surface area contributed by atoms with Gasteiger partial charge in [0.05, 0.1) is 0 Å². The van der Waals surface area contributed by atoms with Crippen LogP contribution in [-0.4, -0.2) is 26.3 Å². The number of aromatic nitrogens is 3. The van der Waals surface area contributed by atoms with Crippen molar-refractivity contribution in [1.29, 1.82) is 0 Å². The summed E-state index contributed by atoms with van der Waals surface area (Å²) < 4.78 is 1.82. The van der Waals surface area contributed by atoms with E-state index in [0.717, 1.165) is 17.9 Å². The molecule has 4 heteroatoms. The summed E-state index contributed by atoms with van der Waals surface area (Å²) in [6, 6.07) is 4.08. The predicted octanol–water partition coefficient (Wildman–Crippen LogP) is 1.13. The van der Waals surface area contributed by atoms with E-state index in [-0.39, 0.29) is 6.61 Å². The van der Waals surface area contributed by atoms with Crippen molar-refractivity contribution in [1.82, 2.24) is 14.6 Å². The third-order valence-electron chi connectivity index (χ3n) is 3.05. The largest absolute Gasteiger partial charge is 0.396 e. The molecule has 1 N–H and O–H groups in total. The molecule has 2 atom stereocenters. The van der Waals surface area contributed by atoms with Gasteiger partial charge in [0.15, 0.2) is 5.65 Å². The van der Waals surface area contributed by atoms with Gasteiger partial charge >= 0.3 is 0 Å². The molecular formula is C11H13N3O. The van der Waals surface area contributed by atoms with E-state index in [1.165, 1.54) is 5.56 Å². The van der Waals surface area contributed by atoms with Gasteiger partial charge in [0.25, 0.3) is 0 Å². The first-order valence-electron chi connectivity index (χ1n) is 5.22. The minimum absolute atomic E-state index is 0.277. The maximum atomic E-state index is 9.07. The molecule has 0 aromatic carbocycles. The molecule has 2 aromatic heterocycles. The summed E-state index contributed by atoms with van der Waals surface area (Å²) >= 11 is 0. The fourth-order valence-electron chi connectivity index (χ4n) is 2.15. The minimum atomic E-state index is 0.277. The first kappa shape index (κ1) is 8.85. The number of aryl methyl sites for hydroxylation is 1. The van der Waals surface area contributed by atoms with Crippen LogP contribution in [0.25, 0.3) is 5.65 Å². The van der Waals surface area contributed by atoms with E-state index in [2.05, 4.69) is 16.1 Å². The zero-order valence-electron chi connectivity index (χ0n) is 8.59. The molecule has 0 radical (unpaired) electrons. The number of hydrogen-bond acceptors (Lipinski definition) is 3. The number of fused-ring (bicyclic) bond motifs is 1. The van der Waals surface area contributed by atoms with Crippen molar-refractivity contribution in [2.45, 2.75) is 19.3 Å². The van der Waals surface area contributed by atoms with Crippen molar-refractivity contribution >= 4 is 5.65 Å². The summed E-state index contributed by atoms with van der Waals surface area (Å²) in [5, 5.41) is 13.4. The summed E-state index contributed by atoms with van der Waals surface area (Å²) in [5.74, 6) is 1.69. The van der Waals surface area contributed by atoms with Crippen LogP contribution in [0.4, 0.5) is 0 Å². The Kier molecular flexibility index (Phi) is 1.79. The van der Waals surface area contributed by atoms with Crippen LogP contribution in [0.15, 0.2) is 18.3 Å². The van der Waals surface area contributed by atoms with Crippen molar-refractivity contribution in [3.8, 4) is 0 Å². The third kappa shape index (κ3) is 1.33. The number of hydrogen-bond donors (Lipinski definition) is 1. The minimum Gasteiger partial charge on any atom is -0.396 e. The molecule has 0 aliphatic heterocycles. The van der Waals surface area contributed by atoms with Crippen molar-refractivity contribution in [3.63, 3.8) is 0 Å². The Morgan fingerprint density at radius 1 is 1.60 bits per heavy atom. The summed E-state index contributed by atoms with van der Waals surface area (Å²) in [4.78, 5) is 4.41. The highest BCUT2D eigenvalue weighted by atomic mass is 16.3. The van der Waals surface area contributed by atoms with Crippen molar-refractivity contribution in [3.05, 3.63) is 29.7 Å². The molecule has 0 saturated heterocycles. The summed E-state index contributed by atoms with van der Waals surface area (Å²) in [6.07, 6.45) is 2.98. The molecule has 15 heavy (non-hydrogen) atoms. The Bertz CT molecular complexity index is 506. The second kappa shape index (κ2) is 3.03. The van der Waals surface area contributed by atoms with Crippen LogP contribution in [0.5, 0.6) is 0 Å². The summed E-state index contributed by atoms with van der Waals surface area (Å²) in [6.45, 7) is 2.17. The molecule has 2 heterocycles. The first-order valence-corrected chi connectivity index (χ1v) is 5.22. The lowest BCUT2D eigenvalue weighted by Gasteiger charge is -2.00. The Morgan fingerprint density at radius 2 is 2.47 bits per heavy atom. The topological polar surface area (TPSA) is 50.4 Å². The Hall–Kier alpha value is -1.42. The second-order valence-electron chi connectivity index (χ2n) is 4.18. The van der Waals surface area contributed by atoms with E-state index in [1.807, 2.05) is 23.7 Å². The van der Waals surface area contributed by atoms with Gasteiger partial charge in [-0.15, -0.1) is 0 Å². The van der Waals surface area contributed by atoms with E-state index in [9.17, 15) is 0 Å². The predicted molar refractivity (Wildman–Crippen MR) is 55.7 cm³/mol. The van der Waals surface area contributed by atoms with Gasteiger partial charge in [0, 0.05) is 18.4 Å². The van der Waals surface area contributed by atoms with Gasteiger partial charge in [-0.1, -0.05) is 6.07 Å². The highest BCUT2D eigenvalue weighted by Crippen LogP contribution is 2.47. The van der Waals surface area contributed by atoms with Crippen LogP contribution in [0.2, 0.25) is 0 Å². The van der Waals surface area contributed by atoms with E-state index >= 15 is 0 Å². The SMILES string of the molecule is Cc1nc2c(C3CC3CO)cccn2n1. The van der Waals surface area contributed by atoms with Crippen molar-refractivity contribution in [2.24, 2.45) is 5.92 Å². The highest BCUT2D eigenvalue weighted by molar-refractivity contribution is 5.51. The lowest BCUT2D eigenvalue weighted by molar-refractivity contribution is 0.274. The normalized spacial score (nSPS) is 24.7. The van der Waals surface area contributed by atoms with Crippen LogP contribution in [-0.2, 0) is 0 Å². The first-order chi connectivity index (χ1) is 7.29. The molecule has 3 rings (SSSR count). The van der Waals surface area contributed by atoms with E-state index in [4.69, 9.17) is 5.11 Å². The number of aliphatic hydroxyl groups excluding tert-OH is 1. The van der Waals surface area contributed by atoms with Crippen LogP contribution >= 0.6 is 0 Å². The number of rotatable bonds is 2. The van der Waals surface area contributed by atoms with Crippen molar-refractivity contribution < 1.29 is 5.11 Å². The number of nitrogens with zero attached hydrogens (tertiary/aromatic N) is 3. The molecule has 2 unspecified atom stereocenters. The molecule has 1 aliphatic carbocycles. The average Bonchev–Trinajstić information content (AvgIpc) is 2.91. The molecule has 1 fully saturated rings. The van der Waals surface area contributed by atoms with Gasteiger partial charge < -0.3 is 5.11 Å². The Morgan fingerprint density at radius 3 is 3.20 bits per heavy atom. The maximum absolute atomic E-state index is 9.07. The molecular weight excluding hydrogens is 190 g/mol. The van der Waals surface area contributed by atoms with E-state index in [0.29, 0.717) is 11.8 Å². The maximum Gasteiger partial charge on any atom is 0.159 e. The lowest BCUT2D eigenvalue weighted by atomic mass is 10.1. The van der Waals surface area contributed by atoms with Crippen LogP contribution in [0.3, 0.4) is 0 Å². The molecule has 0 amide bonds. The summed E-state index contributed by atoms with van der Waals surface area (Å²) in [5.41, 5.74) is 2.16. The summed E-state index contributed by atoms with van der Waals surface area (Å²) in [7, 11) is 0. The van der Waals surface area contributed by atoms with Crippen LogP contribution < -0.4 is 0 Å². The Labute approximate surface area is 87.6 Å².